The van der Waals surface area contributed by atoms with Crippen molar-refractivity contribution in [3.05, 3.63) is 23.9 Å². The lowest BCUT2D eigenvalue weighted by molar-refractivity contribution is 0.0789. The smallest absolute Gasteiger partial charge is 0.255 e. The summed E-state index contributed by atoms with van der Waals surface area (Å²) in [5.74, 6) is 1.35. The molecule has 23 heavy (non-hydrogen) atoms. The first kappa shape index (κ1) is 19.4. The van der Waals surface area contributed by atoms with E-state index in [9.17, 15) is 4.79 Å². The van der Waals surface area contributed by atoms with Crippen molar-refractivity contribution < 1.29 is 4.79 Å². The molecule has 0 aliphatic rings. The molecule has 0 saturated carbocycles. The van der Waals surface area contributed by atoms with E-state index in [1.54, 1.807) is 11.1 Å². The van der Waals surface area contributed by atoms with Gasteiger partial charge in [0.15, 0.2) is 0 Å². The first-order valence-corrected chi connectivity index (χ1v) is 8.62. The molecular weight excluding hydrogens is 288 g/mol. The third-order valence-electron chi connectivity index (χ3n) is 4.19. The number of rotatable bonds is 9. The summed E-state index contributed by atoms with van der Waals surface area (Å²) in [6.07, 6.45) is 3.56. The third-order valence-corrected chi connectivity index (χ3v) is 4.19. The number of hydrogen-bond acceptors (Lipinski definition) is 4. The lowest BCUT2D eigenvalue weighted by Crippen LogP contribution is -2.34. The van der Waals surface area contributed by atoms with Crippen LogP contribution in [0.4, 0.5) is 5.82 Å². The molecule has 0 saturated heterocycles. The van der Waals surface area contributed by atoms with E-state index >= 15 is 0 Å². The van der Waals surface area contributed by atoms with Crippen LogP contribution in [0, 0.1) is 5.92 Å². The second kappa shape index (κ2) is 9.50. The predicted octanol–water partition coefficient (Wildman–Crippen LogP) is 2.76. The Labute approximate surface area is 140 Å². The molecule has 1 unspecified atom stereocenters. The van der Waals surface area contributed by atoms with E-state index in [1.165, 1.54) is 0 Å². The topological polar surface area (TPSA) is 62.5 Å². The van der Waals surface area contributed by atoms with Crippen molar-refractivity contribution in [1.82, 2.24) is 9.88 Å². The molecular formula is C18H32N4O. The van der Waals surface area contributed by atoms with Crippen LogP contribution in [0.5, 0.6) is 0 Å². The minimum atomic E-state index is -0.00135. The summed E-state index contributed by atoms with van der Waals surface area (Å²) >= 11 is 0. The van der Waals surface area contributed by atoms with Crippen LogP contribution >= 0.6 is 0 Å². The van der Waals surface area contributed by atoms with E-state index in [0.29, 0.717) is 18.0 Å². The molecule has 1 aromatic rings. The van der Waals surface area contributed by atoms with E-state index < -0.39 is 0 Å². The molecule has 1 heterocycles. The van der Waals surface area contributed by atoms with E-state index in [2.05, 4.69) is 37.6 Å². The maximum absolute atomic E-state index is 12.4. The molecule has 0 aliphatic carbocycles. The minimum absolute atomic E-state index is 0.00135. The molecule has 1 aromatic heterocycles. The summed E-state index contributed by atoms with van der Waals surface area (Å²) < 4.78 is 0. The van der Waals surface area contributed by atoms with E-state index in [1.807, 2.05) is 19.2 Å². The third kappa shape index (κ3) is 5.82. The van der Waals surface area contributed by atoms with Gasteiger partial charge in [0, 0.05) is 38.9 Å². The highest BCUT2D eigenvalue weighted by atomic mass is 16.2. The fraction of sp³-hybridized carbons (Fsp3) is 0.667. The maximum atomic E-state index is 12.4. The minimum Gasteiger partial charge on any atom is -0.357 e. The molecule has 5 nitrogen and oxygen atoms in total. The van der Waals surface area contributed by atoms with Gasteiger partial charge in [0.1, 0.15) is 5.82 Å². The molecule has 1 rings (SSSR count). The largest absolute Gasteiger partial charge is 0.357 e. The molecule has 0 aromatic carbocycles. The molecule has 5 heteroatoms. The Balaban J connectivity index is 2.66. The second-order valence-electron chi connectivity index (χ2n) is 6.41. The number of pyridine rings is 1. The number of aromatic nitrogens is 1. The van der Waals surface area contributed by atoms with Gasteiger partial charge >= 0.3 is 0 Å². The molecule has 0 spiro atoms. The molecule has 0 radical (unpaired) electrons. The number of carbonyl (C=O) groups excluding carboxylic acids is 1. The number of amides is 1. The molecule has 0 bridgehead atoms. The molecule has 130 valence electrons. The van der Waals surface area contributed by atoms with Gasteiger partial charge in [-0.3, -0.25) is 4.79 Å². The van der Waals surface area contributed by atoms with Gasteiger partial charge in [-0.25, -0.2) is 4.98 Å². The quantitative estimate of drug-likeness (QED) is 0.760. The lowest BCUT2D eigenvalue weighted by atomic mass is 10.0. The second-order valence-corrected chi connectivity index (χ2v) is 6.41. The summed E-state index contributed by atoms with van der Waals surface area (Å²) in [6, 6.07) is 3.92. The van der Waals surface area contributed by atoms with Gasteiger partial charge in [0.25, 0.3) is 5.91 Å². The Bertz CT molecular complexity index is 472. The Morgan fingerprint density at radius 3 is 2.43 bits per heavy atom. The first-order chi connectivity index (χ1) is 10.9. The summed E-state index contributed by atoms with van der Waals surface area (Å²) in [5, 5.41) is 0. The van der Waals surface area contributed by atoms with Crippen molar-refractivity contribution in [3.8, 4) is 0 Å². The standard InChI is InChI=1S/C18H32N4O/c1-6-11-22(7-2)17-9-8-15(13-20-17)18(23)21(5)12-10-16(19)14(3)4/h8-9,13-14,16H,6-7,10-12,19H2,1-5H3. The van der Waals surface area contributed by atoms with Gasteiger partial charge in [0.05, 0.1) is 5.56 Å². The Morgan fingerprint density at radius 2 is 1.96 bits per heavy atom. The van der Waals surface area contributed by atoms with Crippen molar-refractivity contribution >= 4 is 11.7 Å². The fourth-order valence-corrected chi connectivity index (χ4v) is 2.40. The Morgan fingerprint density at radius 1 is 1.26 bits per heavy atom. The van der Waals surface area contributed by atoms with Gasteiger partial charge in [-0.2, -0.15) is 0 Å². The Kier molecular flexibility index (Phi) is 8.03. The lowest BCUT2D eigenvalue weighted by Gasteiger charge is -2.23. The fourth-order valence-electron chi connectivity index (χ4n) is 2.40. The van der Waals surface area contributed by atoms with E-state index in [-0.39, 0.29) is 11.9 Å². The van der Waals surface area contributed by atoms with Crippen molar-refractivity contribution in [3.63, 3.8) is 0 Å². The monoisotopic (exact) mass is 320 g/mol. The highest BCUT2D eigenvalue weighted by Crippen LogP contribution is 2.13. The van der Waals surface area contributed by atoms with Crippen LogP contribution < -0.4 is 10.6 Å². The molecule has 0 aliphatic heterocycles. The molecule has 2 N–H and O–H groups in total. The molecule has 1 atom stereocenters. The number of nitrogens with zero attached hydrogens (tertiary/aromatic N) is 3. The van der Waals surface area contributed by atoms with Crippen LogP contribution in [0.2, 0.25) is 0 Å². The predicted molar refractivity (Wildman–Crippen MR) is 96.8 cm³/mol. The highest BCUT2D eigenvalue weighted by molar-refractivity contribution is 5.93. The Hall–Kier alpha value is -1.62. The SMILES string of the molecule is CCCN(CC)c1ccc(C(=O)N(C)CCC(N)C(C)C)cn1. The van der Waals surface area contributed by atoms with Crippen LogP contribution in [-0.4, -0.2) is 48.5 Å². The zero-order valence-corrected chi connectivity index (χ0v) is 15.2. The maximum Gasteiger partial charge on any atom is 0.255 e. The summed E-state index contributed by atoms with van der Waals surface area (Å²) in [6.45, 7) is 11.0. The van der Waals surface area contributed by atoms with Gasteiger partial charge < -0.3 is 15.5 Å². The van der Waals surface area contributed by atoms with Crippen LogP contribution in [0.3, 0.4) is 0 Å². The average Bonchev–Trinajstić information content (AvgIpc) is 2.56. The number of nitrogens with two attached hydrogens (primary N) is 1. The van der Waals surface area contributed by atoms with Gasteiger partial charge in [-0.1, -0.05) is 20.8 Å². The van der Waals surface area contributed by atoms with Crippen molar-refractivity contribution in [2.24, 2.45) is 11.7 Å². The van der Waals surface area contributed by atoms with Crippen LogP contribution in [-0.2, 0) is 0 Å². The number of carbonyl (C=O) groups is 1. The molecule has 1 amide bonds. The van der Waals surface area contributed by atoms with Crippen LogP contribution in [0.15, 0.2) is 18.3 Å². The van der Waals surface area contributed by atoms with Gasteiger partial charge in [-0.05, 0) is 37.8 Å². The number of anilines is 1. The number of hydrogen-bond donors (Lipinski definition) is 1. The van der Waals surface area contributed by atoms with Crippen molar-refractivity contribution in [2.75, 3.05) is 31.6 Å². The van der Waals surface area contributed by atoms with Gasteiger partial charge in [-0.15, -0.1) is 0 Å². The van der Waals surface area contributed by atoms with Crippen LogP contribution in [0.1, 0.15) is 50.9 Å². The van der Waals surface area contributed by atoms with E-state index in [4.69, 9.17) is 5.73 Å². The highest BCUT2D eigenvalue weighted by Gasteiger charge is 2.15. The van der Waals surface area contributed by atoms with E-state index in [0.717, 1.165) is 31.7 Å². The van der Waals surface area contributed by atoms with Gasteiger partial charge in [0.2, 0.25) is 0 Å². The molecule has 0 fully saturated rings. The normalized spacial score (nSPS) is 12.3. The zero-order valence-electron chi connectivity index (χ0n) is 15.2. The van der Waals surface area contributed by atoms with Crippen molar-refractivity contribution in [2.45, 2.75) is 46.6 Å². The first-order valence-electron chi connectivity index (χ1n) is 8.62. The van der Waals surface area contributed by atoms with Crippen molar-refractivity contribution in [1.29, 1.82) is 0 Å². The summed E-state index contributed by atoms with van der Waals surface area (Å²) in [7, 11) is 1.82. The summed E-state index contributed by atoms with van der Waals surface area (Å²) in [4.78, 5) is 20.8. The average molecular weight is 320 g/mol. The van der Waals surface area contributed by atoms with Crippen LogP contribution in [0.25, 0.3) is 0 Å². The summed E-state index contributed by atoms with van der Waals surface area (Å²) in [5.41, 5.74) is 6.67. The zero-order chi connectivity index (χ0) is 17.4.